The molecule has 2 heterocycles. The number of anilines is 1. The number of rotatable bonds is 6. The summed E-state index contributed by atoms with van der Waals surface area (Å²) in [6.07, 6.45) is 8.73. The van der Waals surface area contributed by atoms with Crippen molar-refractivity contribution in [1.29, 1.82) is 0 Å². The second-order valence-corrected chi connectivity index (χ2v) is 7.59. The van der Waals surface area contributed by atoms with Crippen molar-refractivity contribution in [2.75, 3.05) is 11.2 Å². The normalized spacial score (nSPS) is 17.9. The van der Waals surface area contributed by atoms with E-state index in [-0.39, 0.29) is 17.7 Å². The molecule has 1 aromatic heterocycles. The predicted molar refractivity (Wildman–Crippen MR) is 120 cm³/mol. The van der Waals surface area contributed by atoms with Gasteiger partial charge in [0.25, 0.3) is 5.95 Å². The van der Waals surface area contributed by atoms with Crippen LogP contribution in [0.25, 0.3) is 0 Å². The minimum Gasteiger partial charge on any atom is -0.425 e. The lowest BCUT2D eigenvalue weighted by Gasteiger charge is -2.25. The van der Waals surface area contributed by atoms with E-state index in [2.05, 4.69) is 52.8 Å². The second-order valence-electron chi connectivity index (χ2n) is 6.58. The lowest BCUT2D eigenvalue weighted by molar-refractivity contribution is -0.113. The molecule has 1 unspecified atom stereocenters. The van der Waals surface area contributed by atoms with Crippen molar-refractivity contribution in [1.82, 2.24) is 4.98 Å². The second kappa shape index (κ2) is 9.69. The Hall–Kier alpha value is -2.96. The van der Waals surface area contributed by atoms with Crippen LogP contribution >= 0.6 is 23.4 Å². The van der Waals surface area contributed by atoms with Crippen LogP contribution < -0.4 is 10.1 Å². The summed E-state index contributed by atoms with van der Waals surface area (Å²) in [5.41, 5.74) is 2.90. The van der Waals surface area contributed by atoms with Gasteiger partial charge in [0.1, 0.15) is 11.6 Å². The quantitative estimate of drug-likeness (QED) is 0.585. The Kier molecular flexibility index (Phi) is 6.57. The number of carbonyl (C=O) groups is 1. The van der Waals surface area contributed by atoms with Crippen LogP contribution in [0, 0.1) is 0 Å². The topological polar surface area (TPSA) is 60.5 Å². The highest BCUT2D eigenvalue weighted by Gasteiger charge is 2.24. The number of aromatic nitrogens is 1. The molecule has 2 aliphatic rings. The van der Waals surface area contributed by atoms with E-state index in [1.165, 1.54) is 23.5 Å². The zero-order chi connectivity index (χ0) is 20.8. The van der Waals surface area contributed by atoms with Crippen molar-refractivity contribution < 1.29 is 14.3 Å². The lowest BCUT2D eigenvalue weighted by atomic mass is 9.84. The zero-order valence-electron chi connectivity index (χ0n) is 16.0. The molecule has 1 aliphatic heterocycles. The van der Waals surface area contributed by atoms with Crippen molar-refractivity contribution in [2.24, 2.45) is 0 Å². The third-order valence-corrected chi connectivity index (χ3v) is 5.46. The van der Waals surface area contributed by atoms with Gasteiger partial charge in [-0.25, -0.2) is 4.98 Å². The summed E-state index contributed by atoms with van der Waals surface area (Å²) in [6, 6.07) is 13.7. The number of halogens is 1. The van der Waals surface area contributed by atoms with E-state index < -0.39 is 0 Å². The molecular formula is C23H19ClN2O3S. The number of hydrogen-bond donors (Lipinski definition) is 1. The molecule has 0 radical (unpaired) electrons. The average Bonchev–Trinajstić information content (AvgIpc) is 2.81. The fraction of sp³-hybridized carbons (Fsp3) is 0.130. The van der Waals surface area contributed by atoms with Crippen molar-refractivity contribution in [3.8, 4) is 5.88 Å². The summed E-state index contributed by atoms with van der Waals surface area (Å²) in [5.74, 6) is 1.31. The van der Waals surface area contributed by atoms with Crippen LogP contribution in [0.5, 0.6) is 5.88 Å². The number of nitrogens with zero attached hydrogens (tertiary/aromatic N) is 1. The molecule has 0 spiro atoms. The molecular weight excluding hydrogens is 420 g/mol. The van der Waals surface area contributed by atoms with E-state index in [4.69, 9.17) is 21.1 Å². The molecule has 152 valence electrons. The summed E-state index contributed by atoms with van der Waals surface area (Å²) in [4.78, 5) is 15.6. The molecule has 7 heteroatoms. The van der Waals surface area contributed by atoms with E-state index in [0.717, 1.165) is 17.8 Å². The monoisotopic (exact) mass is 438 g/mol. The highest BCUT2D eigenvalue weighted by Crippen LogP contribution is 2.39. The van der Waals surface area contributed by atoms with Gasteiger partial charge in [-0.2, -0.15) is 0 Å². The number of benzene rings is 1. The maximum atomic E-state index is 11.3. The van der Waals surface area contributed by atoms with Crippen LogP contribution in [-0.2, 0) is 9.53 Å². The Morgan fingerprint density at radius 3 is 2.87 bits per heavy atom. The van der Waals surface area contributed by atoms with Crippen LogP contribution in [-0.4, -0.2) is 16.8 Å². The first kappa shape index (κ1) is 20.3. The molecule has 1 N–H and O–H groups in total. The van der Waals surface area contributed by atoms with Gasteiger partial charge >= 0.3 is 0 Å². The number of carbonyl (C=O) groups excluding carboxylic acids is 1. The molecule has 2 aromatic rings. The number of nitrogens with one attached hydrogen (secondary N) is 1. The highest BCUT2D eigenvalue weighted by molar-refractivity contribution is 8.05. The van der Waals surface area contributed by atoms with Crippen molar-refractivity contribution in [3.63, 3.8) is 0 Å². The number of pyridine rings is 1. The van der Waals surface area contributed by atoms with Crippen molar-refractivity contribution in [2.45, 2.75) is 12.3 Å². The smallest absolute Gasteiger partial charge is 0.298 e. The van der Waals surface area contributed by atoms with Gasteiger partial charge in [0.2, 0.25) is 11.8 Å². The van der Waals surface area contributed by atoms with E-state index in [9.17, 15) is 4.79 Å². The minimum absolute atomic E-state index is 0.111. The molecule has 30 heavy (non-hydrogen) atoms. The maximum Gasteiger partial charge on any atom is 0.298 e. The molecule has 1 amide bonds. The summed E-state index contributed by atoms with van der Waals surface area (Å²) < 4.78 is 11.8. The Balaban J connectivity index is 1.44. The highest BCUT2D eigenvalue weighted by atomic mass is 35.5. The molecule has 0 saturated heterocycles. The SMILES string of the molecule is O=C(CCl)Nc1ccc(OC2=CSC=C(C3=CC=CCC3c3ccccc3)O2)nc1. The van der Waals surface area contributed by atoms with E-state index in [1.54, 1.807) is 17.5 Å². The van der Waals surface area contributed by atoms with Gasteiger partial charge < -0.3 is 14.8 Å². The number of ether oxygens (including phenoxy) is 2. The summed E-state index contributed by atoms with van der Waals surface area (Å²) >= 11 is 6.99. The van der Waals surface area contributed by atoms with E-state index in [0.29, 0.717) is 17.5 Å². The van der Waals surface area contributed by atoms with Crippen LogP contribution in [0.15, 0.2) is 95.0 Å². The van der Waals surface area contributed by atoms with E-state index >= 15 is 0 Å². The average molecular weight is 439 g/mol. The van der Waals surface area contributed by atoms with Gasteiger partial charge in [0.05, 0.1) is 17.3 Å². The summed E-state index contributed by atoms with van der Waals surface area (Å²) in [5, 5.41) is 6.39. The maximum absolute atomic E-state index is 11.3. The fourth-order valence-electron chi connectivity index (χ4n) is 3.18. The van der Waals surface area contributed by atoms with Crippen molar-refractivity contribution in [3.05, 3.63) is 101 Å². The Morgan fingerprint density at radius 2 is 2.10 bits per heavy atom. The van der Waals surface area contributed by atoms with Crippen LogP contribution in [0.4, 0.5) is 5.69 Å². The lowest BCUT2D eigenvalue weighted by Crippen LogP contribution is -2.13. The zero-order valence-corrected chi connectivity index (χ0v) is 17.5. The van der Waals surface area contributed by atoms with Crippen LogP contribution in [0.3, 0.4) is 0 Å². The van der Waals surface area contributed by atoms with Crippen molar-refractivity contribution >= 4 is 35.0 Å². The minimum atomic E-state index is -0.292. The molecule has 0 bridgehead atoms. The van der Waals surface area contributed by atoms with Gasteiger partial charge in [-0.3, -0.25) is 4.79 Å². The molecule has 1 atom stereocenters. The Morgan fingerprint density at radius 1 is 1.23 bits per heavy atom. The first-order chi connectivity index (χ1) is 14.7. The van der Waals surface area contributed by atoms with Gasteiger partial charge in [-0.1, -0.05) is 60.3 Å². The number of hydrogen-bond acceptors (Lipinski definition) is 5. The third kappa shape index (κ3) is 4.96. The standard InChI is InChI=1S/C23H19ClN2O3S/c24-12-21(27)26-17-10-11-22(25-13-17)29-23-15-30-14-20(28-23)19-9-5-4-8-18(19)16-6-2-1-3-7-16/h1-7,9-11,13-15,18H,8,12H2,(H,26,27). The summed E-state index contributed by atoms with van der Waals surface area (Å²) in [7, 11) is 0. The number of amides is 1. The molecule has 0 fully saturated rings. The molecule has 1 aromatic carbocycles. The van der Waals surface area contributed by atoms with Gasteiger partial charge in [-0.15, -0.1) is 11.6 Å². The number of thioether (sulfide) groups is 1. The first-order valence-electron chi connectivity index (χ1n) is 9.38. The molecule has 0 saturated carbocycles. The predicted octanol–water partition coefficient (Wildman–Crippen LogP) is 5.71. The number of alkyl halides is 1. The molecule has 1 aliphatic carbocycles. The van der Waals surface area contributed by atoms with E-state index in [1.807, 2.05) is 11.5 Å². The third-order valence-electron chi connectivity index (χ3n) is 4.54. The fourth-order valence-corrected chi connectivity index (χ4v) is 3.83. The first-order valence-corrected chi connectivity index (χ1v) is 10.9. The van der Waals surface area contributed by atoms with Gasteiger partial charge in [0.15, 0.2) is 0 Å². The largest absolute Gasteiger partial charge is 0.425 e. The number of allylic oxidation sites excluding steroid dienone is 4. The van der Waals surface area contributed by atoms with Crippen LogP contribution in [0.1, 0.15) is 17.9 Å². The van der Waals surface area contributed by atoms with Gasteiger partial charge in [0, 0.05) is 23.0 Å². The Labute approximate surface area is 184 Å². The molecule has 4 rings (SSSR count). The molecule has 5 nitrogen and oxygen atoms in total. The van der Waals surface area contributed by atoms with Gasteiger partial charge in [-0.05, 0) is 18.1 Å². The Bertz CT molecular complexity index is 1030. The summed E-state index contributed by atoms with van der Waals surface area (Å²) in [6.45, 7) is 0. The van der Waals surface area contributed by atoms with Crippen LogP contribution in [0.2, 0.25) is 0 Å².